The zero-order valence-corrected chi connectivity index (χ0v) is 9.58. The summed E-state index contributed by atoms with van der Waals surface area (Å²) < 4.78 is 0.964. The van der Waals surface area contributed by atoms with Gasteiger partial charge in [-0.1, -0.05) is 0 Å². The van der Waals surface area contributed by atoms with Crippen molar-refractivity contribution in [1.82, 2.24) is 4.98 Å². The van der Waals surface area contributed by atoms with Crippen LogP contribution >= 0.6 is 38.6 Å². The molecule has 0 bridgehead atoms. The zero-order valence-electron chi connectivity index (χ0n) is 6.36. The van der Waals surface area contributed by atoms with Crippen LogP contribution in [0.25, 0.3) is 0 Å². The Morgan fingerprint density at radius 2 is 2.31 bits per heavy atom. The second kappa shape index (κ2) is 3.69. The molecule has 13 heavy (non-hydrogen) atoms. The van der Waals surface area contributed by atoms with Gasteiger partial charge in [0.25, 0.3) is 0 Å². The lowest BCUT2D eigenvalue weighted by atomic mass is 10.3. The summed E-state index contributed by atoms with van der Waals surface area (Å²) in [5, 5.41) is 1.76. The number of hydrogen-bond acceptors (Lipinski definition) is 4. The van der Waals surface area contributed by atoms with Crippen LogP contribution in [-0.2, 0) is 0 Å². The van der Waals surface area contributed by atoms with Crippen LogP contribution < -0.4 is 0 Å². The van der Waals surface area contributed by atoms with E-state index < -0.39 is 0 Å². The maximum Gasteiger partial charge on any atom is 0.222 e. The van der Waals surface area contributed by atoms with Crippen molar-refractivity contribution in [3.8, 4) is 0 Å². The highest BCUT2D eigenvalue weighted by atomic mass is 79.9. The van der Waals surface area contributed by atoms with Crippen LogP contribution in [0.5, 0.6) is 0 Å². The molecule has 0 aliphatic rings. The molecule has 0 aliphatic carbocycles. The van der Waals surface area contributed by atoms with Crippen molar-refractivity contribution in [3.63, 3.8) is 0 Å². The normalized spacial score (nSPS) is 10.2. The van der Waals surface area contributed by atoms with E-state index >= 15 is 0 Å². The molecule has 0 radical (unpaired) electrons. The molecule has 0 unspecified atom stereocenters. The Morgan fingerprint density at radius 1 is 1.46 bits per heavy atom. The summed E-state index contributed by atoms with van der Waals surface area (Å²) in [5.41, 5.74) is 2.19. The Hall–Kier alpha value is -0.520. The first-order chi connectivity index (χ1) is 6.27. The molecule has 2 aromatic heterocycles. The van der Waals surface area contributed by atoms with Crippen molar-refractivity contribution < 1.29 is 4.79 Å². The van der Waals surface area contributed by atoms with Crippen molar-refractivity contribution in [2.75, 3.05) is 0 Å². The summed E-state index contributed by atoms with van der Waals surface area (Å²) in [5.74, 6) is -0.00282. The van der Waals surface area contributed by atoms with Crippen LogP contribution in [0.15, 0.2) is 26.8 Å². The number of nitrogens with zero attached hydrogens (tertiary/aromatic N) is 1. The molecular formula is C8H4BrNOS2. The number of carbonyl (C=O) groups excluding carboxylic acids is 1. The number of aromatic nitrogens is 1. The number of carbonyl (C=O) groups is 1. The fourth-order valence-electron chi connectivity index (χ4n) is 0.887. The molecule has 2 nitrogen and oxygen atoms in total. The molecule has 0 saturated heterocycles. The quantitative estimate of drug-likeness (QED) is 0.787. The van der Waals surface area contributed by atoms with Gasteiger partial charge in [0.15, 0.2) is 0 Å². The Bertz CT molecular complexity index is 421. The lowest BCUT2D eigenvalue weighted by molar-refractivity contribution is 0.103. The summed E-state index contributed by atoms with van der Waals surface area (Å²) in [7, 11) is 0. The lowest BCUT2D eigenvalue weighted by Gasteiger charge is -1.89. The van der Waals surface area contributed by atoms with Crippen molar-refractivity contribution in [2.24, 2.45) is 0 Å². The van der Waals surface area contributed by atoms with Gasteiger partial charge in [-0.25, -0.2) is 4.98 Å². The molecule has 0 N–H and O–H groups in total. The van der Waals surface area contributed by atoms with Gasteiger partial charge < -0.3 is 0 Å². The van der Waals surface area contributed by atoms with Gasteiger partial charge in [-0.3, -0.25) is 4.79 Å². The summed E-state index contributed by atoms with van der Waals surface area (Å²) in [4.78, 5) is 16.3. The van der Waals surface area contributed by atoms with Crippen LogP contribution in [0.1, 0.15) is 15.4 Å². The third-order valence-corrected chi connectivity index (χ3v) is 3.67. The van der Waals surface area contributed by atoms with E-state index in [0.29, 0.717) is 5.69 Å². The van der Waals surface area contributed by atoms with E-state index in [1.165, 1.54) is 22.7 Å². The molecule has 0 amide bonds. The maximum absolute atomic E-state index is 11.7. The Balaban J connectivity index is 2.33. The zero-order chi connectivity index (χ0) is 9.26. The molecule has 2 rings (SSSR count). The summed E-state index contributed by atoms with van der Waals surface area (Å²) in [6.45, 7) is 0. The predicted molar refractivity (Wildman–Crippen MR) is 57.6 cm³/mol. The molecule has 0 atom stereocenters. The van der Waals surface area contributed by atoms with Gasteiger partial charge in [-0.05, 0) is 28.1 Å². The van der Waals surface area contributed by atoms with Crippen LogP contribution in [0.2, 0.25) is 0 Å². The Morgan fingerprint density at radius 3 is 2.85 bits per heavy atom. The van der Waals surface area contributed by atoms with Crippen molar-refractivity contribution in [1.29, 1.82) is 0 Å². The number of ketones is 1. The summed E-state index contributed by atoms with van der Waals surface area (Å²) in [6, 6.07) is 3.67. The molecule has 2 aromatic rings. The van der Waals surface area contributed by atoms with E-state index in [1.807, 2.05) is 6.07 Å². The lowest BCUT2D eigenvalue weighted by Crippen LogP contribution is -1.97. The van der Waals surface area contributed by atoms with Crippen LogP contribution in [0, 0.1) is 0 Å². The fourth-order valence-corrected chi connectivity index (χ4v) is 2.75. The summed E-state index contributed by atoms with van der Waals surface area (Å²) in [6.07, 6.45) is 0. The van der Waals surface area contributed by atoms with Gasteiger partial charge in [0.05, 0.1) is 14.2 Å². The molecule has 0 aliphatic heterocycles. The van der Waals surface area contributed by atoms with Gasteiger partial charge in [-0.2, -0.15) is 0 Å². The Kier molecular flexibility index (Phi) is 2.57. The average molecular weight is 274 g/mol. The molecular weight excluding hydrogens is 270 g/mol. The molecule has 2 heterocycles. The third-order valence-electron chi connectivity index (χ3n) is 1.46. The van der Waals surface area contributed by atoms with Gasteiger partial charge in [0.2, 0.25) is 5.78 Å². The number of halogens is 1. The number of rotatable bonds is 2. The number of thiophene rings is 1. The first-order valence-electron chi connectivity index (χ1n) is 3.45. The molecule has 0 aromatic carbocycles. The highest BCUT2D eigenvalue weighted by molar-refractivity contribution is 9.11. The van der Waals surface area contributed by atoms with Gasteiger partial charge in [0.1, 0.15) is 5.69 Å². The smallest absolute Gasteiger partial charge is 0.222 e. The fraction of sp³-hybridized carbons (Fsp3) is 0. The van der Waals surface area contributed by atoms with E-state index in [4.69, 9.17) is 0 Å². The van der Waals surface area contributed by atoms with Gasteiger partial charge >= 0.3 is 0 Å². The molecule has 66 valence electrons. The van der Waals surface area contributed by atoms with Crippen molar-refractivity contribution >= 4 is 44.4 Å². The highest BCUT2D eigenvalue weighted by Crippen LogP contribution is 2.24. The molecule has 0 saturated carbocycles. The minimum absolute atomic E-state index is 0.00282. The topological polar surface area (TPSA) is 30.0 Å². The second-order valence-corrected chi connectivity index (χ2v) is 5.49. The maximum atomic E-state index is 11.7. The van der Waals surface area contributed by atoms with Crippen LogP contribution in [-0.4, -0.2) is 10.8 Å². The molecule has 0 fully saturated rings. The SMILES string of the molecule is O=C(c1cscn1)c1ccc(Br)s1. The molecule has 5 heteroatoms. The van der Waals surface area contributed by atoms with E-state index in [1.54, 1.807) is 17.0 Å². The largest absolute Gasteiger partial charge is 0.286 e. The third kappa shape index (κ3) is 1.87. The summed E-state index contributed by atoms with van der Waals surface area (Å²) >= 11 is 6.17. The van der Waals surface area contributed by atoms with Crippen LogP contribution in [0.4, 0.5) is 0 Å². The van der Waals surface area contributed by atoms with Gasteiger partial charge in [-0.15, -0.1) is 22.7 Å². The van der Waals surface area contributed by atoms with Crippen molar-refractivity contribution in [3.05, 3.63) is 37.4 Å². The van der Waals surface area contributed by atoms with Crippen molar-refractivity contribution in [2.45, 2.75) is 0 Å². The number of thiazole rings is 1. The van der Waals surface area contributed by atoms with E-state index in [0.717, 1.165) is 8.66 Å². The van der Waals surface area contributed by atoms with E-state index in [9.17, 15) is 4.79 Å². The first-order valence-corrected chi connectivity index (χ1v) is 6.01. The predicted octanol–water partition coefficient (Wildman–Crippen LogP) is 3.20. The van der Waals surface area contributed by atoms with Crippen LogP contribution in [0.3, 0.4) is 0 Å². The number of hydrogen-bond donors (Lipinski definition) is 0. The van der Waals surface area contributed by atoms with E-state index in [2.05, 4.69) is 20.9 Å². The van der Waals surface area contributed by atoms with E-state index in [-0.39, 0.29) is 5.78 Å². The monoisotopic (exact) mass is 273 g/mol. The minimum atomic E-state index is -0.00282. The Labute approximate surface area is 91.4 Å². The minimum Gasteiger partial charge on any atom is -0.286 e. The standard InChI is InChI=1S/C8H4BrNOS2/c9-7-2-1-6(13-7)8(11)5-3-12-4-10-5/h1-4H. The average Bonchev–Trinajstić information content (AvgIpc) is 2.72. The second-order valence-electron chi connectivity index (χ2n) is 2.31. The van der Waals surface area contributed by atoms with Gasteiger partial charge in [0, 0.05) is 5.38 Å². The first kappa shape index (κ1) is 9.05. The molecule has 0 spiro atoms. The highest BCUT2D eigenvalue weighted by Gasteiger charge is 2.12.